The summed E-state index contributed by atoms with van der Waals surface area (Å²) in [5.74, 6) is -0.948. The molecule has 9 heteroatoms. The number of amides is 1. The monoisotopic (exact) mass is 485 g/mol. The Morgan fingerprint density at radius 1 is 1.12 bits per heavy atom. The van der Waals surface area contributed by atoms with Gasteiger partial charge < -0.3 is 14.8 Å². The van der Waals surface area contributed by atoms with Crippen molar-refractivity contribution < 1.29 is 19.1 Å². The van der Waals surface area contributed by atoms with Crippen molar-refractivity contribution in [2.24, 2.45) is 0 Å². The molecule has 1 heterocycles. The van der Waals surface area contributed by atoms with E-state index in [1.807, 2.05) is 0 Å². The molecule has 1 N–H and O–H groups in total. The second-order valence-electron chi connectivity index (χ2n) is 7.91. The lowest BCUT2D eigenvalue weighted by molar-refractivity contribution is -0.119. The fourth-order valence-corrected chi connectivity index (χ4v) is 3.70. The number of nitrogens with zero attached hydrogens (tertiary/aromatic N) is 2. The van der Waals surface area contributed by atoms with E-state index < -0.39 is 18.5 Å². The Balaban J connectivity index is 1.76. The maximum Gasteiger partial charge on any atom is 0.359 e. The third-order valence-corrected chi connectivity index (χ3v) is 5.78. The molecule has 3 rings (SSSR count). The van der Waals surface area contributed by atoms with Gasteiger partial charge in [-0.1, -0.05) is 56.0 Å². The minimum absolute atomic E-state index is 0.00147. The molecule has 0 fully saturated rings. The summed E-state index contributed by atoms with van der Waals surface area (Å²) in [5.41, 5.74) is 0.909. The predicted octanol–water partition coefficient (Wildman–Crippen LogP) is 4.74. The number of carbonyl (C=O) groups excluding carboxylic acids is 2. The molecule has 1 amide bonds. The molecule has 0 saturated heterocycles. The van der Waals surface area contributed by atoms with E-state index in [1.54, 1.807) is 43.3 Å². The molecular formula is C25H28ClN3O5. The summed E-state index contributed by atoms with van der Waals surface area (Å²) in [7, 11) is 1.46. The molecule has 0 aliphatic rings. The number of aromatic nitrogens is 2. The average Bonchev–Trinajstić information content (AvgIpc) is 2.83. The van der Waals surface area contributed by atoms with E-state index in [1.165, 1.54) is 11.8 Å². The van der Waals surface area contributed by atoms with Crippen molar-refractivity contribution in [1.82, 2.24) is 9.78 Å². The first-order valence-corrected chi connectivity index (χ1v) is 11.5. The zero-order valence-electron chi connectivity index (χ0n) is 19.5. The molecule has 0 atom stereocenters. The summed E-state index contributed by atoms with van der Waals surface area (Å²) in [6, 6.07) is 10.0. The SMILES string of the molecule is CCCCCCn1nc(C(=O)OCC(=O)Nc2cc(C)c(Cl)cc2OC)c2ccccc2c1=O. The first-order valence-electron chi connectivity index (χ1n) is 11.2. The second-order valence-corrected chi connectivity index (χ2v) is 8.32. The Morgan fingerprint density at radius 2 is 1.85 bits per heavy atom. The van der Waals surface area contributed by atoms with Crippen molar-refractivity contribution in [2.45, 2.75) is 46.1 Å². The van der Waals surface area contributed by atoms with Crippen LogP contribution in [-0.4, -0.2) is 35.4 Å². The van der Waals surface area contributed by atoms with E-state index in [0.717, 1.165) is 31.2 Å². The number of hydrogen-bond donors (Lipinski definition) is 1. The number of carbonyl (C=O) groups is 2. The summed E-state index contributed by atoms with van der Waals surface area (Å²) in [5, 5.41) is 8.20. The smallest absolute Gasteiger partial charge is 0.359 e. The third kappa shape index (κ3) is 5.94. The van der Waals surface area contributed by atoms with Crippen molar-refractivity contribution in [1.29, 1.82) is 0 Å². The van der Waals surface area contributed by atoms with Gasteiger partial charge in [-0.2, -0.15) is 5.10 Å². The van der Waals surface area contributed by atoms with Gasteiger partial charge in [0, 0.05) is 23.0 Å². The van der Waals surface area contributed by atoms with Gasteiger partial charge in [-0.25, -0.2) is 9.48 Å². The zero-order valence-corrected chi connectivity index (χ0v) is 20.3. The fourth-order valence-electron chi connectivity index (χ4n) is 3.54. The van der Waals surface area contributed by atoms with Crippen molar-refractivity contribution in [2.75, 3.05) is 19.0 Å². The number of nitrogens with one attached hydrogen (secondary N) is 1. The average molecular weight is 486 g/mol. The highest BCUT2D eigenvalue weighted by molar-refractivity contribution is 6.31. The Labute approximate surface area is 202 Å². The third-order valence-electron chi connectivity index (χ3n) is 5.37. The van der Waals surface area contributed by atoms with Gasteiger partial charge in [0.25, 0.3) is 11.5 Å². The molecule has 8 nitrogen and oxygen atoms in total. The molecule has 0 spiro atoms. The van der Waals surface area contributed by atoms with Gasteiger partial charge >= 0.3 is 5.97 Å². The van der Waals surface area contributed by atoms with Gasteiger partial charge in [0.05, 0.1) is 18.2 Å². The molecule has 0 aliphatic carbocycles. The van der Waals surface area contributed by atoms with Crippen LogP contribution in [0.3, 0.4) is 0 Å². The molecule has 1 aromatic heterocycles. The van der Waals surface area contributed by atoms with Gasteiger partial charge in [0.15, 0.2) is 12.3 Å². The summed E-state index contributed by atoms with van der Waals surface area (Å²) < 4.78 is 11.8. The lowest BCUT2D eigenvalue weighted by Gasteiger charge is -2.13. The molecule has 0 saturated carbocycles. The van der Waals surface area contributed by atoms with Crippen molar-refractivity contribution in [3.63, 3.8) is 0 Å². The molecule has 0 bridgehead atoms. The van der Waals surface area contributed by atoms with Crippen molar-refractivity contribution in [3.05, 3.63) is 63.0 Å². The van der Waals surface area contributed by atoms with Crippen LogP contribution in [0.15, 0.2) is 41.2 Å². The summed E-state index contributed by atoms with van der Waals surface area (Å²) >= 11 is 6.10. The van der Waals surface area contributed by atoms with Crippen LogP contribution in [0.25, 0.3) is 10.8 Å². The fraction of sp³-hybridized carbons (Fsp3) is 0.360. The summed E-state index contributed by atoms with van der Waals surface area (Å²) in [6.45, 7) is 3.77. The summed E-state index contributed by atoms with van der Waals surface area (Å²) in [4.78, 5) is 38.1. The number of hydrogen-bond acceptors (Lipinski definition) is 6. The molecule has 180 valence electrons. The number of benzene rings is 2. The lowest BCUT2D eigenvalue weighted by Crippen LogP contribution is -2.28. The maximum atomic E-state index is 12.9. The minimum Gasteiger partial charge on any atom is -0.495 e. The number of halogens is 1. The van der Waals surface area contributed by atoms with E-state index in [0.29, 0.717) is 33.8 Å². The van der Waals surface area contributed by atoms with Crippen LogP contribution >= 0.6 is 11.6 Å². The number of unbranched alkanes of at least 4 members (excludes halogenated alkanes) is 3. The Kier molecular flexibility index (Phi) is 8.65. The number of methoxy groups -OCH3 is 1. The lowest BCUT2D eigenvalue weighted by atomic mass is 10.1. The van der Waals surface area contributed by atoms with Gasteiger partial charge in [-0.05, 0) is 31.0 Å². The Hall–Kier alpha value is -3.39. The van der Waals surface area contributed by atoms with E-state index >= 15 is 0 Å². The molecule has 34 heavy (non-hydrogen) atoms. The highest BCUT2D eigenvalue weighted by Crippen LogP contribution is 2.30. The number of fused-ring (bicyclic) bond motifs is 1. The van der Waals surface area contributed by atoms with E-state index in [2.05, 4.69) is 17.3 Å². The number of aryl methyl sites for hydroxylation is 2. The predicted molar refractivity (Wildman–Crippen MR) is 132 cm³/mol. The first kappa shape index (κ1) is 25.2. The van der Waals surface area contributed by atoms with Gasteiger partial charge in [0.1, 0.15) is 5.75 Å². The molecule has 3 aromatic rings. The van der Waals surface area contributed by atoms with E-state index in [9.17, 15) is 14.4 Å². The quantitative estimate of drug-likeness (QED) is 0.329. The van der Waals surface area contributed by atoms with Crippen LogP contribution in [0.4, 0.5) is 5.69 Å². The van der Waals surface area contributed by atoms with Gasteiger partial charge in [0.2, 0.25) is 0 Å². The normalized spacial score (nSPS) is 10.8. The number of anilines is 1. The van der Waals surface area contributed by atoms with Crippen LogP contribution in [0.2, 0.25) is 5.02 Å². The van der Waals surface area contributed by atoms with Crippen LogP contribution < -0.4 is 15.6 Å². The molecule has 0 radical (unpaired) electrons. The number of esters is 1. The minimum atomic E-state index is -0.784. The standard InChI is InChI=1S/C25H28ClN3O5/c1-4-5-6-9-12-29-24(31)18-11-8-7-10-17(18)23(28-29)25(32)34-15-22(30)27-20-13-16(2)19(26)14-21(20)33-3/h7-8,10-11,13-14H,4-6,9,12,15H2,1-3H3,(H,27,30). The molecular weight excluding hydrogens is 458 g/mol. The highest BCUT2D eigenvalue weighted by Gasteiger charge is 2.19. The number of rotatable bonds is 10. The van der Waals surface area contributed by atoms with Crippen LogP contribution in [0, 0.1) is 6.92 Å². The molecule has 2 aromatic carbocycles. The van der Waals surface area contributed by atoms with Crippen LogP contribution in [0.1, 0.15) is 48.7 Å². The van der Waals surface area contributed by atoms with Gasteiger partial charge in [-0.15, -0.1) is 0 Å². The topological polar surface area (TPSA) is 99.5 Å². The van der Waals surface area contributed by atoms with Crippen LogP contribution in [-0.2, 0) is 16.1 Å². The Morgan fingerprint density at radius 3 is 2.56 bits per heavy atom. The number of ether oxygens (including phenoxy) is 2. The maximum absolute atomic E-state index is 12.9. The highest BCUT2D eigenvalue weighted by atomic mass is 35.5. The molecule has 0 unspecified atom stereocenters. The van der Waals surface area contributed by atoms with Crippen molar-refractivity contribution >= 4 is 39.9 Å². The Bertz CT molecular complexity index is 1260. The zero-order chi connectivity index (χ0) is 24.7. The van der Waals surface area contributed by atoms with Gasteiger partial charge in [-0.3, -0.25) is 9.59 Å². The summed E-state index contributed by atoms with van der Waals surface area (Å²) in [6.07, 6.45) is 3.87. The largest absolute Gasteiger partial charge is 0.495 e. The van der Waals surface area contributed by atoms with Crippen LogP contribution in [0.5, 0.6) is 5.75 Å². The molecule has 0 aliphatic heterocycles. The van der Waals surface area contributed by atoms with E-state index in [4.69, 9.17) is 21.1 Å². The van der Waals surface area contributed by atoms with Crippen molar-refractivity contribution in [3.8, 4) is 5.75 Å². The first-order chi connectivity index (χ1) is 16.3. The second kappa shape index (κ2) is 11.7. The van der Waals surface area contributed by atoms with E-state index in [-0.39, 0.29) is 11.3 Å².